The van der Waals surface area contributed by atoms with Crippen molar-refractivity contribution in [2.24, 2.45) is 11.1 Å². The molecule has 2 aromatic carbocycles. The lowest BCUT2D eigenvalue weighted by Gasteiger charge is -2.42. The van der Waals surface area contributed by atoms with E-state index in [0.717, 1.165) is 19.3 Å². The SMILES string of the molecule is N#Cc1ccc2c(c1)C(c1n[nH]c3nc(N4CCC5(CC4)Cc4ccccc4C5N)[nH]c(=O)c13)=CCC2(F)F. The smallest absolute Gasteiger partial charge is 0.277 e. The molecule has 2 aromatic heterocycles. The van der Waals surface area contributed by atoms with Crippen molar-refractivity contribution in [2.45, 2.75) is 37.6 Å². The first kappa shape index (κ1) is 23.7. The molecular formula is C29H25F2N7O. The van der Waals surface area contributed by atoms with Gasteiger partial charge in [-0.3, -0.25) is 14.9 Å². The van der Waals surface area contributed by atoms with Crippen molar-refractivity contribution in [3.05, 3.63) is 92.4 Å². The molecule has 0 bridgehead atoms. The number of rotatable bonds is 2. The highest BCUT2D eigenvalue weighted by molar-refractivity contribution is 5.94. The van der Waals surface area contributed by atoms with E-state index < -0.39 is 17.9 Å². The number of alkyl halides is 2. The summed E-state index contributed by atoms with van der Waals surface area (Å²) >= 11 is 0. The van der Waals surface area contributed by atoms with Crippen molar-refractivity contribution in [2.75, 3.05) is 18.0 Å². The van der Waals surface area contributed by atoms with Crippen LogP contribution in [0.15, 0.2) is 53.3 Å². The number of nitrogens with two attached hydrogens (primary N) is 1. The molecule has 2 aliphatic carbocycles. The molecule has 1 aliphatic heterocycles. The van der Waals surface area contributed by atoms with Crippen molar-refractivity contribution < 1.29 is 8.78 Å². The standard InChI is InChI=1S/C29H25F2N7O/c30-29(31)8-7-19(20-13-16(15-32)5-6-21(20)29)23-22-25(37-36-23)34-27(35-26(22)39)38-11-9-28(10-12-38)14-17-3-1-2-4-18(17)24(28)33/h1-7,13,24H,8-12,14,33H2,(H2,34,35,36,37,39). The molecule has 39 heavy (non-hydrogen) atoms. The number of H-pyrrole nitrogens is 2. The number of fused-ring (bicyclic) bond motifs is 3. The van der Waals surface area contributed by atoms with Crippen molar-refractivity contribution in [1.29, 1.82) is 5.26 Å². The van der Waals surface area contributed by atoms with Crippen LogP contribution in [0.1, 0.15) is 58.8 Å². The van der Waals surface area contributed by atoms with Gasteiger partial charge in [0.05, 0.1) is 11.6 Å². The van der Waals surface area contributed by atoms with Gasteiger partial charge in [-0.2, -0.15) is 15.3 Å². The number of hydrogen-bond donors (Lipinski definition) is 3. The van der Waals surface area contributed by atoms with Crippen LogP contribution in [0.5, 0.6) is 0 Å². The Bertz CT molecular complexity index is 1770. The Morgan fingerprint density at radius 1 is 1.15 bits per heavy atom. The molecule has 1 unspecified atom stereocenters. The van der Waals surface area contributed by atoms with E-state index in [2.05, 4.69) is 43.3 Å². The van der Waals surface area contributed by atoms with E-state index in [0.29, 0.717) is 24.6 Å². The third-order valence-electron chi connectivity index (χ3n) is 8.72. The molecule has 1 saturated heterocycles. The lowest BCUT2D eigenvalue weighted by Crippen LogP contribution is -2.45. The molecule has 1 spiro atoms. The van der Waals surface area contributed by atoms with Gasteiger partial charge in [-0.25, -0.2) is 8.78 Å². The van der Waals surface area contributed by atoms with Crippen LogP contribution in [0.3, 0.4) is 0 Å². The van der Waals surface area contributed by atoms with Gasteiger partial charge in [0.25, 0.3) is 11.5 Å². The molecular weight excluding hydrogens is 500 g/mol. The Balaban J connectivity index is 1.20. The summed E-state index contributed by atoms with van der Waals surface area (Å²) in [6, 6.07) is 14.4. The molecule has 3 aliphatic rings. The monoisotopic (exact) mass is 525 g/mol. The fraction of sp³-hybridized carbons (Fsp3) is 0.310. The van der Waals surface area contributed by atoms with Crippen LogP contribution in [-0.4, -0.2) is 33.3 Å². The van der Waals surface area contributed by atoms with Gasteiger partial charge < -0.3 is 10.6 Å². The van der Waals surface area contributed by atoms with Gasteiger partial charge in [-0.1, -0.05) is 36.4 Å². The normalized spacial score (nSPS) is 20.9. The van der Waals surface area contributed by atoms with Crippen LogP contribution in [-0.2, 0) is 12.3 Å². The molecule has 4 N–H and O–H groups in total. The second kappa shape index (κ2) is 8.32. The first-order chi connectivity index (χ1) is 18.8. The van der Waals surface area contributed by atoms with Crippen molar-refractivity contribution in [3.63, 3.8) is 0 Å². The molecule has 1 atom stereocenters. The van der Waals surface area contributed by atoms with Crippen LogP contribution in [0.25, 0.3) is 16.6 Å². The van der Waals surface area contributed by atoms with Crippen LogP contribution in [0.4, 0.5) is 14.7 Å². The second-order valence-corrected chi connectivity index (χ2v) is 10.8. The molecule has 1 fully saturated rings. The van der Waals surface area contributed by atoms with Crippen molar-refractivity contribution >= 4 is 22.6 Å². The number of allylic oxidation sites excluding steroid dienone is 1. The number of anilines is 1. The summed E-state index contributed by atoms with van der Waals surface area (Å²) in [5.41, 5.74) is 10.00. The number of hydrogen-bond acceptors (Lipinski definition) is 6. The number of nitrogens with one attached hydrogen (secondary N) is 2. The molecule has 196 valence electrons. The van der Waals surface area contributed by atoms with Crippen LogP contribution in [0.2, 0.25) is 0 Å². The first-order valence-electron chi connectivity index (χ1n) is 13.0. The van der Waals surface area contributed by atoms with Gasteiger partial charge in [-0.15, -0.1) is 0 Å². The predicted molar refractivity (Wildman–Crippen MR) is 142 cm³/mol. The van der Waals surface area contributed by atoms with E-state index in [1.54, 1.807) is 0 Å². The average molecular weight is 526 g/mol. The van der Waals surface area contributed by atoms with E-state index in [-0.39, 0.29) is 44.9 Å². The van der Waals surface area contributed by atoms with E-state index in [1.165, 1.54) is 35.4 Å². The number of piperidine rings is 1. The molecule has 4 aromatic rings. The number of benzene rings is 2. The number of aromatic nitrogens is 4. The quantitative estimate of drug-likeness (QED) is 0.358. The first-order valence-corrected chi connectivity index (χ1v) is 13.0. The Kier molecular flexibility index (Phi) is 5.06. The number of halogens is 2. The number of aromatic amines is 2. The maximum Gasteiger partial charge on any atom is 0.277 e. The van der Waals surface area contributed by atoms with Crippen molar-refractivity contribution in [3.8, 4) is 6.07 Å². The molecule has 10 heteroatoms. The fourth-order valence-electron chi connectivity index (χ4n) is 6.57. The summed E-state index contributed by atoms with van der Waals surface area (Å²) in [4.78, 5) is 23.0. The zero-order chi connectivity index (χ0) is 26.9. The zero-order valence-electron chi connectivity index (χ0n) is 21.0. The average Bonchev–Trinajstić information content (AvgIpc) is 3.48. The van der Waals surface area contributed by atoms with E-state index in [4.69, 9.17) is 5.73 Å². The lowest BCUT2D eigenvalue weighted by atomic mass is 9.73. The maximum absolute atomic E-state index is 14.7. The van der Waals surface area contributed by atoms with Gasteiger partial charge in [0.2, 0.25) is 5.95 Å². The molecule has 0 radical (unpaired) electrons. The van der Waals surface area contributed by atoms with Gasteiger partial charge >= 0.3 is 0 Å². The van der Waals surface area contributed by atoms with Gasteiger partial charge in [0.15, 0.2) is 5.65 Å². The van der Waals surface area contributed by atoms with E-state index >= 15 is 0 Å². The lowest BCUT2D eigenvalue weighted by molar-refractivity contribution is -0.00247. The Morgan fingerprint density at radius 3 is 2.72 bits per heavy atom. The highest BCUT2D eigenvalue weighted by atomic mass is 19.3. The highest BCUT2D eigenvalue weighted by Crippen LogP contribution is 2.51. The molecule has 7 rings (SSSR count). The number of nitrogens with zero attached hydrogens (tertiary/aromatic N) is 4. The summed E-state index contributed by atoms with van der Waals surface area (Å²) in [7, 11) is 0. The van der Waals surface area contributed by atoms with Gasteiger partial charge in [0, 0.05) is 36.7 Å². The van der Waals surface area contributed by atoms with Crippen LogP contribution < -0.4 is 16.2 Å². The largest absolute Gasteiger partial charge is 0.342 e. The summed E-state index contributed by atoms with van der Waals surface area (Å²) in [6.07, 6.45) is 3.55. The summed E-state index contributed by atoms with van der Waals surface area (Å²) in [6.45, 7) is 1.39. The third kappa shape index (κ3) is 3.53. The molecule has 3 heterocycles. The maximum atomic E-state index is 14.7. The summed E-state index contributed by atoms with van der Waals surface area (Å²) in [5, 5.41) is 16.7. The zero-order valence-corrected chi connectivity index (χ0v) is 21.0. The Hall–Kier alpha value is -4.36. The predicted octanol–water partition coefficient (Wildman–Crippen LogP) is 4.29. The van der Waals surface area contributed by atoms with Gasteiger partial charge in [-0.05, 0) is 53.5 Å². The minimum atomic E-state index is -3.08. The van der Waals surface area contributed by atoms with Crippen molar-refractivity contribution in [1.82, 2.24) is 20.2 Å². The van der Waals surface area contributed by atoms with E-state index in [1.807, 2.05) is 12.1 Å². The highest BCUT2D eigenvalue weighted by Gasteiger charge is 2.46. The number of nitriles is 1. The van der Waals surface area contributed by atoms with Crippen LogP contribution >= 0.6 is 0 Å². The molecule has 0 amide bonds. The Morgan fingerprint density at radius 2 is 1.95 bits per heavy atom. The van der Waals surface area contributed by atoms with E-state index in [9.17, 15) is 18.8 Å². The Labute approximate surface area is 222 Å². The minimum absolute atomic E-state index is 0.00305. The molecule has 8 nitrogen and oxygen atoms in total. The van der Waals surface area contributed by atoms with Gasteiger partial charge in [0.1, 0.15) is 11.1 Å². The summed E-state index contributed by atoms with van der Waals surface area (Å²) < 4.78 is 29.3. The summed E-state index contributed by atoms with van der Waals surface area (Å²) in [5.74, 6) is -2.64. The second-order valence-electron chi connectivity index (χ2n) is 10.8. The topological polar surface area (TPSA) is 127 Å². The molecule has 0 saturated carbocycles. The minimum Gasteiger partial charge on any atom is -0.342 e. The van der Waals surface area contributed by atoms with Crippen LogP contribution in [0, 0.1) is 16.7 Å². The third-order valence-corrected chi connectivity index (χ3v) is 8.72. The fourth-order valence-corrected chi connectivity index (χ4v) is 6.57.